The Morgan fingerprint density at radius 2 is 2.04 bits per heavy atom. The number of allylic oxidation sites excluding steroid dienone is 2. The second-order valence-corrected chi connectivity index (χ2v) is 9.28. The van der Waals surface area contributed by atoms with Gasteiger partial charge < -0.3 is 10.2 Å². The summed E-state index contributed by atoms with van der Waals surface area (Å²) in [5.41, 5.74) is 2.63. The minimum absolute atomic E-state index is 0.242. The Hall–Kier alpha value is -0.310. The van der Waals surface area contributed by atoms with E-state index in [-0.39, 0.29) is 17.9 Å². The van der Waals surface area contributed by atoms with Crippen molar-refractivity contribution >= 4 is 11.6 Å². The molecule has 2 aliphatic carbocycles. The van der Waals surface area contributed by atoms with E-state index in [1.165, 1.54) is 11.1 Å². The lowest BCUT2D eigenvalue weighted by molar-refractivity contribution is 0.0251. The third kappa shape index (κ3) is 4.21. The molecule has 3 heteroatoms. The smallest absolute Gasteiger partial charge is 0.0726 e. The van der Waals surface area contributed by atoms with Gasteiger partial charge in [-0.2, -0.15) is 0 Å². The molecule has 0 aliphatic heterocycles. The number of halogens is 1. The van der Waals surface area contributed by atoms with E-state index in [1.807, 2.05) is 13.8 Å². The van der Waals surface area contributed by atoms with Crippen LogP contribution in [0.25, 0.3) is 0 Å². The van der Waals surface area contributed by atoms with Gasteiger partial charge in [-0.25, -0.2) is 0 Å². The van der Waals surface area contributed by atoms with Gasteiger partial charge in [0, 0.05) is 5.92 Å². The summed E-state index contributed by atoms with van der Waals surface area (Å²) in [6.45, 7) is 12.3. The van der Waals surface area contributed by atoms with Gasteiger partial charge in [0.2, 0.25) is 0 Å². The van der Waals surface area contributed by atoms with E-state index in [0.717, 1.165) is 25.7 Å². The standard InChI is InChI=1S/C20H33ClO2/c1-12-6-10-16(13(2)8-11-17(22)20(4,5)21)19(23)18-14(3)7-9-15(12)18/h7,13,15-19,22-23H,1,6,8-11H2,2-5H3/t13-,15+,16+,17+,18-,19-/m0/s1. The van der Waals surface area contributed by atoms with E-state index in [4.69, 9.17) is 11.6 Å². The molecule has 0 spiro atoms. The Balaban J connectivity index is 2.03. The molecule has 2 rings (SSSR count). The zero-order chi connectivity index (χ0) is 17.4. The highest BCUT2D eigenvalue weighted by Gasteiger charge is 2.42. The average Bonchev–Trinajstić information content (AvgIpc) is 2.79. The molecule has 132 valence electrons. The number of fused-ring (bicyclic) bond motifs is 1. The molecule has 2 aliphatic rings. The van der Waals surface area contributed by atoms with Crippen LogP contribution in [0.3, 0.4) is 0 Å². The van der Waals surface area contributed by atoms with Gasteiger partial charge >= 0.3 is 0 Å². The van der Waals surface area contributed by atoms with E-state index in [0.29, 0.717) is 18.3 Å². The molecule has 0 amide bonds. The number of alkyl halides is 1. The monoisotopic (exact) mass is 340 g/mol. The Kier molecular flexibility index (Phi) is 6.03. The van der Waals surface area contributed by atoms with Crippen LogP contribution in [0.5, 0.6) is 0 Å². The molecule has 1 saturated carbocycles. The van der Waals surface area contributed by atoms with E-state index in [2.05, 4.69) is 26.5 Å². The summed E-state index contributed by atoms with van der Waals surface area (Å²) in [5, 5.41) is 21.2. The number of hydrogen-bond donors (Lipinski definition) is 2. The van der Waals surface area contributed by atoms with Crippen LogP contribution in [0.2, 0.25) is 0 Å². The summed E-state index contributed by atoms with van der Waals surface area (Å²) in [7, 11) is 0. The summed E-state index contributed by atoms with van der Waals surface area (Å²) >= 11 is 6.20. The number of rotatable bonds is 5. The molecular formula is C20H33ClO2. The van der Waals surface area contributed by atoms with Crippen LogP contribution in [0.1, 0.15) is 59.8 Å². The Morgan fingerprint density at radius 1 is 1.39 bits per heavy atom. The van der Waals surface area contributed by atoms with Crippen LogP contribution in [-0.2, 0) is 0 Å². The molecule has 0 aromatic rings. The first-order valence-electron chi connectivity index (χ1n) is 9.02. The fourth-order valence-corrected chi connectivity index (χ4v) is 4.52. The summed E-state index contributed by atoms with van der Waals surface area (Å²) in [6, 6.07) is 0. The average molecular weight is 341 g/mol. The van der Waals surface area contributed by atoms with Crippen LogP contribution >= 0.6 is 11.6 Å². The molecule has 0 unspecified atom stereocenters. The normalized spacial score (nSPS) is 34.6. The molecule has 0 aromatic heterocycles. The van der Waals surface area contributed by atoms with Crippen LogP contribution in [0.15, 0.2) is 23.8 Å². The van der Waals surface area contributed by atoms with Crippen LogP contribution in [0, 0.1) is 23.7 Å². The van der Waals surface area contributed by atoms with Gasteiger partial charge in [0.15, 0.2) is 0 Å². The van der Waals surface area contributed by atoms with Gasteiger partial charge in [-0.3, -0.25) is 0 Å². The Morgan fingerprint density at radius 3 is 2.65 bits per heavy atom. The Bertz CT molecular complexity index is 463. The fourth-order valence-electron chi connectivity index (χ4n) is 4.41. The van der Waals surface area contributed by atoms with Crippen molar-refractivity contribution in [3.8, 4) is 0 Å². The van der Waals surface area contributed by atoms with Crippen molar-refractivity contribution in [3.05, 3.63) is 23.8 Å². The largest absolute Gasteiger partial charge is 0.392 e. The highest BCUT2D eigenvalue weighted by molar-refractivity contribution is 6.23. The molecule has 0 bridgehead atoms. The van der Waals surface area contributed by atoms with Gasteiger partial charge in [0.25, 0.3) is 0 Å². The third-order valence-corrected chi connectivity index (χ3v) is 6.45. The lowest BCUT2D eigenvalue weighted by Gasteiger charge is -2.33. The van der Waals surface area contributed by atoms with E-state index in [1.54, 1.807) is 0 Å². The molecule has 6 atom stereocenters. The maximum absolute atomic E-state index is 11.0. The van der Waals surface area contributed by atoms with Crippen LogP contribution in [0.4, 0.5) is 0 Å². The lowest BCUT2D eigenvalue weighted by atomic mass is 9.76. The van der Waals surface area contributed by atoms with Crippen molar-refractivity contribution in [2.45, 2.75) is 76.9 Å². The number of aliphatic hydroxyl groups excluding tert-OH is 2. The second kappa shape index (κ2) is 7.29. The molecule has 23 heavy (non-hydrogen) atoms. The maximum atomic E-state index is 11.0. The topological polar surface area (TPSA) is 40.5 Å². The zero-order valence-corrected chi connectivity index (χ0v) is 15.8. The first kappa shape index (κ1) is 19.0. The molecule has 0 aromatic carbocycles. The lowest BCUT2D eigenvalue weighted by Crippen LogP contribution is -2.35. The SMILES string of the molecule is C=C1CC[C@H]([C@@H](C)CC[C@@H](O)C(C)(C)Cl)[C@H](O)[C@H]2C(C)=CC[C@H]12. The van der Waals surface area contributed by atoms with Gasteiger partial charge in [-0.1, -0.05) is 30.7 Å². The third-order valence-electron chi connectivity index (χ3n) is 6.20. The first-order chi connectivity index (χ1) is 10.6. The van der Waals surface area contributed by atoms with E-state index < -0.39 is 11.0 Å². The Labute approximate surface area is 146 Å². The van der Waals surface area contributed by atoms with Crippen molar-refractivity contribution in [2.24, 2.45) is 23.7 Å². The molecule has 1 fully saturated rings. The molecule has 0 heterocycles. The predicted octanol–water partition coefficient (Wildman–Crippen LogP) is 4.69. The van der Waals surface area contributed by atoms with Gasteiger partial charge in [0.1, 0.15) is 0 Å². The minimum Gasteiger partial charge on any atom is -0.392 e. The van der Waals surface area contributed by atoms with Gasteiger partial charge in [-0.15, -0.1) is 11.6 Å². The predicted molar refractivity (Wildman–Crippen MR) is 97.6 cm³/mol. The number of hydrogen-bond acceptors (Lipinski definition) is 2. The zero-order valence-electron chi connectivity index (χ0n) is 15.1. The van der Waals surface area contributed by atoms with Gasteiger partial charge in [0.05, 0.1) is 17.1 Å². The molecule has 2 nitrogen and oxygen atoms in total. The minimum atomic E-state index is -0.591. The van der Waals surface area contributed by atoms with Crippen molar-refractivity contribution in [1.29, 1.82) is 0 Å². The fraction of sp³-hybridized carbons (Fsp3) is 0.800. The van der Waals surface area contributed by atoms with Crippen molar-refractivity contribution in [3.63, 3.8) is 0 Å². The molecule has 2 N–H and O–H groups in total. The highest BCUT2D eigenvalue weighted by Crippen LogP contribution is 2.47. The quantitative estimate of drug-likeness (QED) is 0.563. The van der Waals surface area contributed by atoms with Crippen molar-refractivity contribution < 1.29 is 10.2 Å². The molecule has 0 radical (unpaired) electrons. The maximum Gasteiger partial charge on any atom is 0.0726 e. The van der Waals surface area contributed by atoms with E-state index in [9.17, 15) is 10.2 Å². The summed E-state index contributed by atoms with van der Waals surface area (Å²) in [5.74, 6) is 1.31. The van der Waals surface area contributed by atoms with Crippen LogP contribution < -0.4 is 0 Å². The summed E-state index contributed by atoms with van der Waals surface area (Å²) < 4.78 is 0. The summed E-state index contributed by atoms with van der Waals surface area (Å²) in [4.78, 5) is -0.591. The number of aliphatic hydroxyl groups is 2. The van der Waals surface area contributed by atoms with Crippen molar-refractivity contribution in [2.75, 3.05) is 0 Å². The van der Waals surface area contributed by atoms with E-state index >= 15 is 0 Å². The summed E-state index contributed by atoms with van der Waals surface area (Å²) in [6.07, 6.45) is 6.10. The van der Waals surface area contributed by atoms with Crippen LogP contribution in [-0.4, -0.2) is 27.3 Å². The van der Waals surface area contributed by atoms with Crippen molar-refractivity contribution in [1.82, 2.24) is 0 Å². The second-order valence-electron chi connectivity index (χ2n) is 8.30. The molecular weight excluding hydrogens is 308 g/mol. The highest BCUT2D eigenvalue weighted by atomic mass is 35.5. The first-order valence-corrected chi connectivity index (χ1v) is 9.40. The van der Waals surface area contributed by atoms with Gasteiger partial charge in [-0.05, 0) is 70.6 Å². The molecule has 0 saturated heterocycles.